The van der Waals surface area contributed by atoms with Crippen LogP contribution in [-0.2, 0) is 5.75 Å². The molecule has 1 N–H and O–H groups in total. The van der Waals surface area contributed by atoms with Crippen LogP contribution in [0.5, 0.6) is 0 Å². The topological polar surface area (TPSA) is 15.8 Å². The van der Waals surface area contributed by atoms with Crippen molar-refractivity contribution in [1.29, 1.82) is 0 Å². The molecule has 0 saturated heterocycles. The predicted molar refractivity (Wildman–Crippen MR) is 87.4 cm³/mol. The Balaban J connectivity index is 2.09. The molecule has 0 aliphatic carbocycles. The average molecular weight is 285 g/mol. The second-order valence-corrected chi connectivity index (χ2v) is 7.43. The van der Waals surface area contributed by atoms with Gasteiger partial charge in [-0.2, -0.15) is 0 Å². The Morgan fingerprint density at radius 2 is 1.79 bits per heavy atom. The maximum atomic E-state index is 4.00. The first-order chi connectivity index (χ1) is 9.36. The van der Waals surface area contributed by atoms with Crippen molar-refractivity contribution in [2.75, 3.05) is 0 Å². The molecule has 0 aliphatic rings. The fourth-order valence-electron chi connectivity index (χ4n) is 1.97. The third-order valence-electron chi connectivity index (χ3n) is 2.93. The van der Waals surface area contributed by atoms with E-state index in [0.29, 0.717) is 0 Å². The lowest BCUT2D eigenvalue weighted by atomic mass is 10.2. The lowest BCUT2D eigenvalue weighted by molar-refractivity contribution is 1.40. The Kier molecular flexibility index (Phi) is 3.67. The minimum absolute atomic E-state index is 0.0484. The molecule has 3 heteroatoms. The van der Waals surface area contributed by atoms with Crippen molar-refractivity contribution in [3.8, 4) is 0 Å². The summed E-state index contributed by atoms with van der Waals surface area (Å²) in [5.74, 6) is 1.02. The summed E-state index contributed by atoms with van der Waals surface area (Å²) < 4.78 is 2.62. The molecule has 0 fully saturated rings. The van der Waals surface area contributed by atoms with Gasteiger partial charge in [-0.05, 0) is 23.1 Å². The van der Waals surface area contributed by atoms with Crippen LogP contribution in [0.1, 0.15) is 5.56 Å². The van der Waals surface area contributed by atoms with Gasteiger partial charge in [0, 0.05) is 5.75 Å². The minimum Gasteiger partial charge on any atom is -0.341 e. The van der Waals surface area contributed by atoms with Crippen LogP contribution < -0.4 is 0 Å². The summed E-state index contributed by atoms with van der Waals surface area (Å²) in [6.07, 6.45) is 0. The molecule has 0 amide bonds. The van der Waals surface area contributed by atoms with Gasteiger partial charge in [-0.1, -0.05) is 49.0 Å². The van der Waals surface area contributed by atoms with E-state index in [4.69, 9.17) is 0 Å². The number of H-pyrrole nitrogens is 1. The molecule has 1 atom stereocenters. The Labute approximate surface area is 119 Å². The number of fused-ring (bicyclic) bond motifs is 1. The van der Waals surface area contributed by atoms with Crippen molar-refractivity contribution >= 4 is 32.0 Å². The number of hydrogen-bond acceptors (Lipinski definition) is 1. The predicted octanol–water partition coefficient (Wildman–Crippen LogP) is 5.37. The minimum atomic E-state index is 0.0484. The monoisotopic (exact) mass is 285 g/mol. The first-order valence-electron chi connectivity index (χ1n) is 6.14. The van der Waals surface area contributed by atoms with Gasteiger partial charge in [0.25, 0.3) is 0 Å². The van der Waals surface area contributed by atoms with E-state index in [9.17, 15) is 0 Å². The molecule has 2 aromatic carbocycles. The van der Waals surface area contributed by atoms with Crippen molar-refractivity contribution in [1.82, 2.24) is 4.98 Å². The summed E-state index contributed by atoms with van der Waals surface area (Å²) in [5, 5.41) is 2.06. The molecule has 0 radical (unpaired) electrons. The molecular weight excluding hydrogens is 270 g/mol. The van der Waals surface area contributed by atoms with E-state index in [2.05, 4.69) is 71.6 Å². The number of aromatic nitrogens is 1. The van der Waals surface area contributed by atoms with Gasteiger partial charge >= 0.3 is 0 Å². The summed E-state index contributed by atoms with van der Waals surface area (Å²) in [5.41, 5.74) is 2.58. The number of nitrogens with one attached hydrogen (secondary N) is 1. The summed E-state index contributed by atoms with van der Waals surface area (Å²) >= 11 is 1.83. The molecule has 0 saturated carbocycles. The van der Waals surface area contributed by atoms with E-state index in [0.717, 1.165) is 5.75 Å². The van der Waals surface area contributed by atoms with Crippen LogP contribution in [-0.4, -0.2) is 4.98 Å². The quantitative estimate of drug-likeness (QED) is 0.622. The maximum absolute atomic E-state index is 4.00. The van der Waals surface area contributed by atoms with E-state index < -0.39 is 0 Å². The molecule has 0 bridgehead atoms. The Bertz CT molecular complexity index is 730. The van der Waals surface area contributed by atoms with E-state index in [1.54, 1.807) is 0 Å². The van der Waals surface area contributed by atoms with Gasteiger partial charge < -0.3 is 4.98 Å². The van der Waals surface area contributed by atoms with Crippen molar-refractivity contribution in [3.63, 3.8) is 0 Å². The molecule has 1 nitrogen and oxygen atoms in total. The second-order valence-electron chi connectivity index (χ2n) is 4.24. The Hall–Kier alpha value is -1.58. The van der Waals surface area contributed by atoms with Crippen LogP contribution in [0.15, 0.2) is 66.6 Å². The smallest absolute Gasteiger partial charge is 0.123 e. The molecule has 1 unspecified atom stereocenters. The third kappa shape index (κ3) is 2.72. The zero-order valence-corrected chi connectivity index (χ0v) is 12.1. The van der Waals surface area contributed by atoms with Crippen molar-refractivity contribution < 1.29 is 0 Å². The van der Waals surface area contributed by atoms with Crippen LogP contribution in [0.2, 0.25) is 0 Å². The van der Waals surface area contributed by atoms with Crippen LogP contribution in [0, 0.1) is 3.95 Å². The number of hydrogen-bond donors (Lipinski definition) is 1. The van der Waals surface area contributed by atoms with Crippen LogP contribution in [0.25, 0.3) is 10.2 Å². The van der Waals surface area contributed by atoms with E-state index in [1.807, 2.05) is 11.3 Å². The molecule has 0 spiro atoms. The normalized spacial score (nSPS) is 13.4. The SMILES string of the molecule is C=CS(Cc1ccccc1)=c1[nH]c2ccccc2s1. The van der Waals surface area contributed by atoms with Crippen molar-refractivity contribution in [2.24, 2.45) is 0 Å². The highest BCUT2D eigenvalue weighted by Crippen LogP contribution is 2.30. The van der Waals surface area contributed by atoms with E-state index in [1.165, 1.54) is 19.7 Å². The fraction of sp³-hybridized carbons (Fsp3) is 0.0625. The van der Waals surface area contributed by atoms with Crippen molar-refractivity contribution in [2.45, 2.75) is 5.75 Å². The molecule has 0 aliphatic heterocycles. The molecule has 1 aromatic heterocycles. The first kappa shape index (κ1) is 12.5. The lowest BCUT2D eigenvalue weighted by Crippen LogP contribution is -1.80. The molecule has 19 heavy (non-hydrogen) atoms. The zero-order chi connectivity index (χ0) is 13.1. The first-order valence-corrected chi connectivity index (χ1v) is 8.41. The number of thiazole rings is 1. The zero-order valence-electron chi connectivity index (χ0n) is 10.5. The summed E-state index contributed by atoms with van der Waals surface area (Å²) in [7, 11) is 0.0484. The lowest BCUT2D eigenvalue weighted by Gasteiger charge is -2.02. The maximum Gasteiger partial charge on any atom is 0.123 e. The van der Waals surface area contributed by atoms with Gasteiger partial charge in [-0.15, -0.1) is 21.8 Å². The highest BCUT2D eigenvalue weighted by atomic mass is 32.2. The molecule has 3 rings (SSSR count). The second kappa shape index (κ2) is 5.59. The Morgan fingerprint density at radius 1 is 1.05 bits per heavy atom. The average Bonchev–Trinajstić information content (AvgIpc) is 2.89. The highest BCUT2D eigenvalue weighted by Gasteiger charge is 2.00. The summed E-state index contributed by atoms with van der Waals surface area (Å²) in [6, 6.07) is 19.0. The van der Waals surface area contributed by atoms with Gasteiger partial charge in [0.05, 0.1) is 10.2 Å². The van der Waals surface area contributed by atoms with Crippen LogP contribution >= 0.6 is 21.8 Å². The largest absolute Gasteiger partial charge is 0.341 e. The summed E-state index contributed by atoms with van der Waals surface area (Å²) in [4.78, 5) is 3.53. The fourth-order valence-corrected chi connectivity index (χ4v) is 4.97. The van der Waals surface area contributed by atoms with Gasteiger partial charge in [0.1, 0.15) is 3.95 Å². The number of benzene rings is 2. The summed E-state index contributed by atoms with van der Waals surface area (Å²) in [6.45, 7) is 4.00. The van der Waals surface area contributed by atoms with Crippen molar-refractivity contribution in [3.05, 3.63) is 76.1 Å². The van der Waals surface area contributed by atoms with E-state index in [-0.39, 0.29) is 10.5 Å². The van der Waals surface area contributed by atoms with Gasteiger partial charge in [0.15, 0.2) is 0 Å². The molecule has 96 valence electrons. The molecule has 3 aromatic rings. The Morgan fingerprint density at radius 3 is 2.53 bits per heavy atom. The van der Waals surface area contributed by atoms with Crippen LogP contribution in [0.4, 0.5) is 0 Å². The number of rotatable bonds is 3. The van der Waals surface area contributed by atoms with Gasteiger partial charge in [-0.3, -0.25) is 0 Å². The molecule has 1 heterocycles. The number of para-hydroxylation sites is 1. The van der Waals surface area contributed by atoms with E-state index >= 15 is 0 Å². The standard InChI is InChI=1S/C16H15NS2/c1-2-19(12-13-8-4-3-5-9-13)16-17-14-10-6-7-11-15(14)18-16/h2-11,17H,1,12H2. The highest BCUT2D eigenvalue weighted by molar-refractivity contribution is 8.12. The van der Waals surface area contributed by atoms with Gasteiger partial charge in [0.2, 0.25) is 0 Å². The third-order valence-corrected chi connectivity index (χ3v) is 6.31. The number of aromatic amines is 1. The van der Waals surface area contributed by atoms with Gasteiger partial charge in [-0.25, -0.2) is 0 Å². The molecular formula is C16H15NS2. The van der Waals surface area contributed by atoms with Crippen LogP contribution in [0.3, 0.4) is 0 Å².